The summed E-state index contributed by atoms with van der Waals surface area (Å²) in [6, 6.07) is 17.3. The van der Waals surface area contributed by atoms with Gasteiger partial charge in [0.05, 0.1) is 5.56 Å². The molecule has 0 radical (unpaired) electrons. The smallest absolute Gasteiger partial charge is 0.336 e. The van der Waals surface area contributed by atoms with Crippen LogP contribution in [0.2, 0.25) is 0 Å². The molecule has 0 aliphatic rings. The second-order valence-electron chi connectivity index (χ2n) is 3.56. The van der Waals surface area contributed by atoms with Gasteiger partial charge >= 0.3 is 5.97 Å². The fraction of sp³-hybridized carbons (Fsp3) is 0. The van der Waals surface area contributed by atoms with Crippen molar-refractivity contribution in [1.29, 1.82) is 0 Å². The normalized spacial score (nSPS) is 10.0. The number of hydrogen-bond donors (Lipinski definition) is 1. The first-order valence-corrected chi connectivity index (χ1v) is 5.24. The molecule has 18 heavy (non-hydrogen) atoms. The fourth-order valence-corrected chi connectivity index (χ4v) is 1.53. The van der Waals surface area contributed by atoms with Gasteiger partial charge in [-0.05, 0) is 11.6 Å². The van der Waals surface area contributed by atoms with Crippen molar-refractivity contribution in [1.82, 2.24) is 0 Å². The van der Waals surface area contributed by atoms with Crippen molar-refractivity contribution in [3.8, 4) is 0 Å². The van der Waals surface area contributed by atoms with Crippen LogP contribution in [0, 0.1) is 6.07 Å². The molecule has 2 aromatic rings. The van der Waals surface area contributed by atoms with Gasteiger partial charge in [-0.2, -0.15) is 30.3 Å². The summed E-state index contributed by atoms with van der Waals surface area (Å²) in [6.07, 6.45) is 3.69. The number of rotatable bonds is 3. The zero-order valence-corrected chi connectivity index (χ0v) is 12.5. The van der Waals surface area contributed by atoms with E-state index in [2.05, 4.69) is 6.07 Å². The van der Waals surface area contributed by atoms with E-state index in [0.29, 0.717) is 11.1 Å². The van der Waals surface area contributed by atoms with Crippen LogP contribution < -0.4 is 0 Å². The van der Waals surface area contributed by atoms with E-state index in [1.54, 1.807) is 24.3 Å². The number of aromatic carboxylic acids is 1. The molecule has 0 aromatic heterocycles. The first kappa shape index (κ1) is 14.4. The van der Waals surface area contributed by atoms with Crippen LogP contribution in [0.3, 0.4) is 0 Å². The predicted octanol–water partition coefficient (Wildman–Crippen LogP) is 3.35. The van der Waals surface area contributed by atoms with Crippen molar-refractivity contribution in [3.63, 3.8) is 0 Å². The molecule has 0 fully saturated rings. The van der Waals surface area contributed by atoms with E-state index in [1.807, 2.05) is 36.4 Å². The number of hydrogen-bond acceptors (Lipinski definition) is 1. The number of carbonyl (C=O) groups is 1. The zero-order chi connectivity index (χ0) is 12.1. The SMILES string of the molecule is O=C(O)c1ccccc1/C=C/c1cc[c-]cc1.[W]. The molecule has 0 heterocycles. The first-order chi connectivity index (χ1) is 8.27. The Balaban J connectivity index is 0.00000162. The van der Waals surface area contributed by atoms with Crippen LogP contribution in [0.15, 0.2) is 48.5 Å². The fourth-order valence-electron chi connectivity index (χ4n) is 1.53. The van der Waals surface area contributed by atoms with Crippen molar-refractivity contribution in [3.05, 3.63) is 71.3 Å². The summed E-state index contributed by atoms with van der Waals surface area (Å²) in [5.74, 6) is -0.911. The van der Waals surface area contributed by atoms with Gasteiger partial charge in [0.15, 0.2) is 0 Å². The molecular formula is C15H11O2W-. The Morgan fingerprint density at radius 2 is 1.72 bits per heavy atom. The molecule has 2 aromatic carbocycles. The second-order valence-corrected chi connectivity index (χ2v) is 3.56. The second kappa shape index (κ2) is 6.93. The molecule has 1 N–H and O–H groups in total. The molecule has 0 saturated heterocycles. The third kappa shape index (κ3) is 3.68. The average molecular weight is 407 g/mol. The summed E-state index contributed by atoms with van der Waals surface area (Å²) in [7, 11) is 0. The van der Waals surface area contributed by atoms with Crippen molar-refractivity contribution < 1.29 is 31.0 Å². The molecule has 0 atom stereocenters. The summed E-state index contributed by atoms with van der Waals surface area (Å²) >= 11 is 0. The molecule has 0 amide bonds. The predicted molar refractivity (Wildman–Crippen MR) is 67.6 cm³/mol. The van der Waals surface area contributed by atoms with Crippen LogP contribution in [-0.2, 0) is 21.1 Å². The summed E-state index contributed by atoms with van der Waals surface area (Å²) < 4.78 is 0. The molecule has 2 rings (SSSR count). The molecule has 0 bridgehead atoms. The summed E-state index contributed by atoms with van der Waals surface area (Å²) in [5.41, 5.74) is 2.03. The minimum absolute atomic E-state index is 0. The minimum atomic E-state index is -0.911. The Labute approximate surface area is 120 Å². The van der Waals surface area contributed by atoms with E-state index < -0.39 is 5.97 Å². The molecule has 0 aliphatic heterocycles. The molecule has 0 unspecified atom stereocenters. The summed E-state index contributed by atoms with van der Waals surface area (Å²) in [6.45, 7) is 0. The van der Waals surface area contributed by atoms with Crippen LogP contribution in [0.25, 0.3) is 12.2 Å². The van der Waals surface area contributed by atoms with Crippen molar-refractivity contribution >= 4 is 18.1 Å². The number of carboxylic acids is 1. The first-order valence-electron chi connectivity index (χ1n) is 5.24. The van der Waals surface area contributed by atoms with Gasteiger partial charge in [-0.15, -0.1) is 5.56 Å². The van der Waals surface area contributed by atoms with E-state index in [9.17, 15) is 4.79 Å². The molecule has 0 aliphatic carbocycles. The minimum Gasteiger partial charge on any atom is -0.478 e. The Morgan fingerprint density at radius 3 is 2.39 bits per heavy atom. The van der Waals surface area contributed by atoms with Gasteiger partial charge in [0.25, 0.3) is 0 Å². The van der Waals surface area contributed by atoms with E-state index >= 15 is 0 Å². The van der Waals surface area contributed by atoms with Crippen LogP contribution in [0.5, 0.6) is 0 Å². The quantitative estimate of drug-likeness (QED) is 0.626. The Bertz CT molecular complexity index is 547. The molecule has 0 spiro atoms. The van der Waals surface area contributed by atoms with Crippen LogP contribution >= 0.6 is 0 Å². The van der Waals surface area contributed by atoms with Gasteiger partial charge in [0.1, 0.15) is 0 Å². The van der Waals surface area contributed by atoms with Gasteiger partial charge < -0.3 is 5.11 Å². The molecular weight excluding hydrogens is 396 g/mol. The van der Waals surface area contributed by atoms with Gasteiger partial charge in [-0.3, -0.25) is 0 Å². The van der Waals surface area contributed by atoms with E-state index in [0.717, 1.165) is 5.56 Å². The molecule has 90 valence electrons. The zero-order valence-electron chi connectivity index (χ0n) is 9.54. The van der Waals surface area contributed by atoms with E-state index in [4.69, 9.17) is 5.11 Å². The summed E-state index contributed by atoms with van der Waals surface area (Å²) in [4.78, 5) is 11.0. The van der Waals surface area contributed by atoms with Crippen LogP contribution in [0.1, 0.15) is 21.5 Å². The molecule has 0 saturated carbocycles. The third-order valence-corrected chi connectivity index (χ3v) is 2.39. The van der Waals surface area contributed by atoms with Crippen molar-refractivity contribution in [2.24, 2.45) is 0 Å². The third-order valence-electron chi connectivity index (χ3n) is 2.39. The number of carboxylic acid groups (broad SMARTS) is 1. The number of benzene rings is 2. The maximum absolute atomic E-state index is 11.0. The topological polar surface area (TPSA) is 37.3 Å². The van der Waals surface area contributed by atoms with Crippen LogP contribution in [-0.4, -0.2) is 11.1 Å². The Hall–Kier alpha value is -1.66. The Kier molecular flexibility index (Phi) is 5.54. The monoisotopic (exact) mass is 407 g/mol. The standard InChI is InChI=1S/C15H11O2.W/c16-15(17)14-9-5-4-8-13(14)11-10-12-6-2-1-3-7-12;/h2-11H,(H,16,17);/q-1;/b11-10+;. The maximum atomic E-state index is 11.0. The van der Waals surface area contributed by atoms with Crippen molar-refractivity contribution in [2.45, 2.75) is 0 Å². The molecule has 2 nitrogen and oxygen atoms in total. The van der Waals surface area contributed by atoms with Gasteiger partial charge in [-0.25, -0.2) is 4.79 Å². The van der Waals surface area contributed by atoms with Crippen molar-refractivity contribution in [2.75, 3.05) is 0 Å². The maximum Gasteiger partial charge on any atom is 0.336 e. The Morgan fingerprint density at radius 1 is 1.06 bits per heavy atom. The summed E-state index contributed by atoms with van der Waals surface area (Å²) in [5, 5.41) is 9.02. The van der Waals surface area contributed by atoms with E-state index in [1.165, 1.54) is 0 Å². The molecule has 3 heteroatoms. The van der Waals surface area contributed by atoms with Gasteiger partial charge in [0, 0.05) is 21.1 Å². The average Bonchev–Trinajstić information content (AvgIpc) is 2.38. The van der Waals surface area contributed by atoms with Gasteiger partial charge in [0.2, 0.25) is 0 Å². The van der Waals surface area contributed by atoms with Gasteiger partial charge in [-0.1, -0.05) is 30.4 Å². The largest absolute Gasteiger partial charge is 0.478 e. The van der Waals surface area contributed by atoms with E-state index in [-0.39, 0.29) is 21.1 Å². The van der Waals surface area contributed by atoms with Crippen LogP contribution in [0.4, 0.5) is 0 Å².